The highest BCUT2D eigenvalue weighted by Gasteiger charge is 2.19. The lowest BCUT2D eigenvalue weighted by molar-refractivity contribution is -0.157. The molecule has 4 rings (SSSR count). The molecule has 2 heterocycles. The van der Waals surface area contributed by atoms with Crippen molar-refractivity contribution >= 4 is 29.0 Å². The fourth-order valence-electron chi connectivity index (χ4n) is 3.46. The van der Waals surface area contributed by atoms with Gasteiger partial charge in [-0.3, -0.25) is 4.79 Å². The van der Waals surface area contributed by atoms with E-state index in [2.05, 4.69) is 15.4 Å². The predicted molar refractivity (Wildman–Crippen MR) is 124 cm³/mol. The number of amides is 1. The summed E-state index contributed by atoms with van der Waals surface area (Å²) in [6.45, 7) is 6.07. The van der Waals surface area contributed by atoms with Crippen molar-refractivity contribution in [2.24, 2.45) is 5.16 Å². The first kappa shape index (κ1) is 23.4. The molecule has 1 amide bonds. The van der Waals surface area contributed by atoms with Gasteiger partial charge < -0.3 is 34.0 Å². The Morgan fingerprint density at radius 2 is 1.82 bits per heavy atom. The molecule has 0 radical (unpaired) electrons. The number of oxime groups is 1. The van der Waals surface area contributed by atoms with Gasteiger partial charge in [0.2, 0.25) is 13.4 Å². The molecule has 1 saturated heterocycles. The highest BCUT2D eigenvalue weighted by atomic mass is 16.7. The van der Waals surface area contributed by atoms with E-state index < -0.39 is 24.6 Å². The second-order valence-electron chi connectivity index (χ2n) is 7.79. The summed E-state index contributed by atoms with van der Waals surface area (Å²) in [4.78, 5) is 31.8. The van der Waals surface area contributed by atoms with Crippen LogP contribution in [-0.2, 0) is 23.9 Å². The Hall–Kier alpha value is -3.79. The van der Waals surface area contributed by atoms with Crippen molar-refractivity contribution in [3.05, 3.63) is 48.0 Å². The van der Waals surface area contributed by atoms with E-state index in [0.717, 1.165) is 24.3 Å². The molecule has 10 heteroatoms. The molecule has 10 nitrogen and oxygen atoms in total. The molecular formula is C24H27N3O7. The van der Waals surface area contributed by atoms with Crippen molar-refractivity contribution in [3.63, 3.8) is 0 Å². The molecule has 2 aliphatic rings. The van der Waals surface area contributed by atoms with Crippen LogP contribution in [0.4, 0.5) is 11.4 Å². The molecule has 0 bridgehead atoms. The van der Waals surface area contributed by atoms with Crippen molar-refractivity contribution < 1.29 is 33.4 Å². The zero-order valence-electron chi connectivity index (χ0n) is 19.1. The van der Waals surface area contributed by atoms with E-state index in [0.29, 0.717) is 36.1 Å². The minimum absolute atomic E-state index is 0.183. The summed E-state index contributed by atoms with van der Waals surface area (Å²) < 4.78 is 21.1. The molecule has 0 aromatic heterocycles. The number of rotatable bonds is 8. The van der Waals surface area contributed by atoms with E-state index in [9.17, 15) is 9.59 Å². The lowest BCUT2D eigenvalue weighted by Crippen LogP contribution is -2.36. The molecule has 34 heavy (non-hydrogen) atoms. The van der Waals surface area contributed by atoms with Crippen LogP contribution in [0, 0.1) is 0 Å². The summed E-state index contributed by atoms with van der Waals surface area (Å²) in [5, 5.41) is 6.68. The Bertz CT molecular complexity index is 1050. The number of nitrogens with zero attached hydrogens (tertiary/aromatic N) is 2. The first-order chi connectivity index (χ1) is 16.5. The van der Waals surface area contributed by atoms with E-state index >= 15 is 0 Å². The predicted octanol–water partition coefficient (Wildman–Crippen LogP) is 2.56. The standard InChI is InChI=1S/C24H27N3O7/c1-16(18-3-8-21-22(13-18)32-15-31-21)26-33-14-23(28)34-17(2)24(29)25-19-4-6-20(7-5-19)27-9-11-30-12-10-27/h3-8,13,17H,9-12,14-15H2,1-2H3,(H,25,29)/b26-16+. The zero-order chi connectivity index (χ0) is 23.9. The molecule has 0 spiro atoms. The van der Waals surface area contributed by atoms with Crippen molar-refractivity contribution in [1.29, 1.82) is 0 Å². The number of hydrogen-bond donors (Lipinski definition) is 1. The second-order valence-corrected chi connectivity index (χ2v) is 7.79. The van der Waals surface area contributed by atoms with Gasteiger partial charge >= 0.3 is 5.97 Å². The number of hydrogen-bond acceptors (Lipinski definition) is 9. The number of nitrogens with one attached hydrogen (secondary N) is 1. The molecular weight excluding hydrogens is 442 g/mol. The molecule has 1 unspecified atom stereocenters. The van der Waals surface area contributed by atoms with Gasteiger partial charge in [-0.05, 0) is 56.3 Å². The van der Waals surface area contributed by atoms with Gasteiger partial charge in [-0.2, -0.15) is 0 Å². The van der Waals surface area contributed by atoms with Gasteiger partial charge in [0.1, 0.15) is 0 Å². The molecule has 1 fully saturated rings. The number of carbonyl (C=O) groups excluding carboxylic acids is 2. The summed E-state index contributed by atoms with van der Waals surface area (Å²) >= 11 is 0. The van der Waals surface area contributed by atoms with Gasteiger partial charge in [0.05, 0.1) is 18.9 Å². The SMILES string of the molecule is C/C(=N\OCC(=O)OC(C)C(=O)Nc1ccc(N2CCOCC2)cc1)c1ccc2c(c1)OCO2. The second kappa shape index (κ2) is 10.9. The van der Waals surface area contributed by atoms with Crippen molar-refractivity contribution in [3.8, 4) is 11.5 Å². The fourth-order valence-corrected chi connectivity index (χ4v) is 3.46. The smallest absolute Gasteiger partial charge is 0.347 e. The third kappa shape index (κ3) is 5.96. The summed E-state index contributed by atoms with van der Waals surface area (Å²) in [6.07, 6.45) is -0.992. The van der Waals surface area contributed by atoms with Crippen LogP contribution < -0.4 is 19.7 Å². The van der Waals surface area contributed by atoms with Gasteiger partial charge in [-0.1, -0.05) is 5.16 Å². The van der Waals surface area contributed by atoms with Crippen LogP contribution in [-0.4, -0.2) is 63.4 Å². The first-order valence-corrected chi connectivity index (χ1v) is 11.0. The lowest BCUT2D eigenvalue weighted by atomic mass is 10.1. The molecule has 0 saturated carbocycles. The highest BCUT2D eigenvalue weighted by molar-refractivity contribution is 5.99. The monoisotopic (exact) mass is 469 g/mol. The molecule has 0 aliphatic carbocycles. The van der Waals surface area contributed by atoms with E-state index in [1.807, 2.05) is 30.3 Å². The van der Waals surface area contributed by atoms with Crippen LogP contribution in [0.3, 0.4) is 0 Å². The van der Waals surface area contributed by atoms with Gasteiger partial charge in [0.15, 0.2) is 17.6 Å². The minimum Gasteiger partial charge on any atom is -0.454 e. The number of fused-ring (bicyclic) bond motifs is 1. The average Bonchev–Trinajstić information content (AvgIpc) is 3.33. The number of esters is 1. The summed E-state index contributed by atoms with van der Waals surface area (Å²) in [7, 11) is 0. The van der Waals surface area contributed by atoms with E-state index in [1.54, 1.807) is 19.1 Å². The number of morpholine rings is 1. The van der Waals surface area contributed by atoms with E-state index in [-0.39, 0.29) is 6.79 Å². The third-order valence-electron chi connectivity index (χ3n) is 5.36. The van der Waals surface area contributed by atoms with Crippen molar-refractivity contribution in [2.45, 2.75) is 20.0 Å². The first-order valence-electron chi connectivity index (χ1n) is 11.0. The summed E-state index contributed by atoms with van der Waals surface area (Å²) in [5.74, 6) is 0.156. The van der Waals surface area contributed by atoms with E-state index in [1.165, 1.54) is 6.92 Å². The molecule has 2 aromatic rings. The molecule has 1 N–H and O–H groups in total. The fraction of sp³-hybridized carbons (Fsp3) is 0.375. The normalized spacial score (nSPS) is 16.1. The van der Waals surface area contributed by atoms with Crippen LogP contribution >= 0.6 is 0 Å². The Kier molecular flexibility index (Phi) is 7.48. The Balaban J connectivity index is 1.21. The van der Waals surface area contributed by atoms with Gasteiger partial charge in [0, 0.05) is 30.0 Å². The molecule has 180 valence electrons. The largest absolute Gasteiger partial charge is 0.454 e. The van der Waals surface area contributed by atoms with Gasteiger partial charge in [-0.15, -0.1) is 0 Å². The average molecular weight is 469 g/mol. The van der Waals surface area contributed by atoms with Crippen molar-refractivity contribution in [2.75, 3.05) is 49.9 Å². The maximum Gasteiger partial charge on any atom is 0.347 e. The molecule has 2 aliphatic heterocycles. The topological polar surface area (TPSA) is 108 Å². The highest BCUT2D eigenvalue weighted by Crippen LogP contribution is 2.32. The number of carbonyl (C=O) groups is 2. The van der Waals surface area contributed by atoms with Crippen LogP contribution in [0.25, 0.3) is 0 Å². The summed E-state index contributed by atoms with van der Waals surface area (Å²) in [5.41, 5.74) is 3.00. The van der Waals surface area contributed by atoms with Crippen LogP contribution in [0.15, 0.2) is 47.6 Å². The molecule has 2 aromatic carbocycles. The quantitative estimate of drug-likeness (QED) is 0.357. The maximum atomic E-state index is 12.4. The molecule has 1 atom stereocenters. The Morgan fingerprint density at radius 3 is 2.59 bits per heavy atom. The Morgan fingerprint density at radius 1 is 1.09 bits per heavy atom. The minimum atomic E-state index is -0.992. The maximum absolute atomic E-state index is 12.4. The van der Waals surface area contributed by atoms with Crippen molar-refractivity contribution in [1.82, 2.24) is 0 Å². The van der Waals surface area contributed by atoms with Crippen LogP contribution in [0.5, 0.6) is 11.5 Å². The Labute approximate surface area is 197 Å². The number of anilines is 2. The summed E-state index contributed by atoms with van der Waals surface area (Å²) in [6, 6.07) is 12.9. The number of benzene rings is 2. The van der Waals surface area contributed by atoms with Gasteiger partial charge in [0.25, 0.3) is 5.91 Å². The van der Waals surface area contributed by atoms with Crippen LogP contribution in [0.1, 0.15) is 19.4 Å². The lowest BCUT2D eigenvalue weighted by Gasteiger charge is -2.28. The van der Waals surface area contributed by atoms with Crippen LogP contribution in [0.2, 0.25) is 0 Å². The zero-order valence-corrected chi connectivity index (χ0v) is 19.1. The number of ether oxygens (including phenoxy) is 4. The van der Waals surface area contributed by atoms with Gasteiger partial charge in [-0.25, -0.2) is 4.79 Å². The third-order valence-corrected chi connectivity index (χ3v) is 5.36. The van der Waals surface area contributed by atoms with E-state index in [4.69, 9.17) is 23.8 Å².